The lowest BCUT2D eigenvalue weighted by molar-refractivity contribution is 0.151. The first-order valence-electron chi connectivity index (χ1n) is 7.46. The smallest absolute Gasteiger partial charge is 0.263 e. The van der Waals surface area contributed by atoms with Crippen molar-refractivity contribution in [3.8, 4) is 0 Å². The fourth-order valence-corrected chi connectivity index (χ4v) is 2.87. The molecule has 0 saturated carbocycles. The number of rotatable bonds is 3. The molecule has 0 saturated heterocycles. The molecule has 4 nitrogen and oxygen atoms in total. The van der Waals surface area contributed by atoms with Gasteiger partial charge in [-0.3, -0.25) is 9.97 Å². The topological polar surface area (TPSA) is 50.7 Å². The maximum absolute atomic E-state index is 12.9. The molecule has 0 fully saturated rings. The summed E-state index contributed by atoms with van der Waals surface area (Å²) in [6, 6.07) is 9.82. The van der Waals surface area contributed by atoms with Crippen molar-refractivity contribution in [3.05, 3.63) is 65.6 Å². The maximum Gasteiger partial charge on any atom is 0.263 e. The van der Waals surface area contributed by atoms with Gasteiger partial charge in [0.1, 0.15) is 5.52 Å². The first-order chi connectivity index (χ1) is 12.1. The molecule has 3 heterocycles. The van der Waals surface area contributed by atoms with Crippen LogP contribution >= 0.6 is 11.6 Å². The molecule has 4 rings (SSSR count). The SMILES string of the molecule is FC(F)c1ccc2c(Nc3ncc(Cl)c4cccnc34)ccnc2c1. The highest BCUT2D eigenvalue weighted by Gasteiger charge is 2.12. The molecule has 0 atom stereocenters. The van der Waals surface area contributed by atoms with Crippen molar-refractivity contribution >= 4 is 44.9 Å². The van der Waals surface area contributed by atoms with Crippen LogP contribution in [0.5, 0.6) is 0 Å². The molecule has 4 aromatic rings. The average molecular weight is 357 g/mol. The van der Waals surface area contributed by atoms with Crippen LogP contribution in [0.2, 0.25) is 5.02 Å². The zero-order chi connectivity index (χ0) is 17.4. The Morgan fingerprint density at radius 2 is 1.84 bits per heavy atom. The molecular weight excluding hydrogens is 346 g/mol. The van der Waals surface area contributed by atoms with E-state index in [1.54, 1.807) is 36.8 Å². The minimum Gasteiger partial charge on any atom is -0.338 e. The maximum atomic E-state index is 12.9. The van der Waals surface area contributed by atoms with Gasteiger partial charge in [-0.05, 0) is 24.3 Å². The molecule has 1 N–H and O–H groups in total. The second kappa shape index (κ2) is 6.22. The molecule has 3 aromatic heterocycles. The zero-order valence-corrected chi connectivity index (χ0v) is 13.5. The van der Waals surface area contributed by atoms with Gasteiger partial charge in [-0.15, -0.1) is 0 Å². The third-order valence-corrected chi connectivity index (χ3v) is 4.17. The molecule has 1 aromatic carbocycles. The van der Waals surface area contributed by atoms with Crippen LogP contribution < -0.4 is 5.32 Å². The summed E-state index contributed by atoms with van der Waals surface area (Å²) >= 11 is 6.16. The van der Waals surface area contributed by atoms with E-state index in [1.165, 1.54) is 12.1 Å². The minimum absolute atomic E-state index is 0.0612. The number of nitrogens with zero attached hydrogens (tertiary/aromatic N) is 3. The standard InChI is InChI=1S/C18H11ClF2N4/c19-13-9-24-18(16-11(13)2-1-6-23-16)25-14-5-7-22-15-8-10(17(20)21)3-4-12(14)15/h1-9,17H,(H,22,24,25). The summed E-state index contributed by atoms with van der Waals surface area (Å²) in [7, 11) is 0. The van der Waals surface area contributed by atoms with Crippen LogP contribution in [0.4, 0.5) is 20.3 Å². The molecule has 0 spiro atoms. The Balaban J connectivity index is 1.83. The van der Waals surface area contributed by atoms with E-state index in [0.29, 0.717) is 32.9 Å². The second-order valence-electron chi connectivity index (χ2n) is 5.42. The van der Waals surface area contributed by atoms with Gasteiger partial charge in [0, 0.05) is 34.9 Å². The van der Waals surface area contributed by atoms with Gasteiger partial charge in [-0.1, -0.05) is 23.7 Å². The third kappa shape index (κ3) is 2.85. The molecule has 0 radical (unpaired) electrons. The number of nitrogens with one attached hydrogen (secondary N) is 1. The summed E-state index contributed by atoms with van der Waals surface area (Å²) in [5, 5.41) is 5.21. The predicted octanol–water partition coefficient (Wildman–Crippen LogP) is 5.51. The van der Waals surface area contributed by atoms with Crippen molar-refractivity contribution in [1.82, 2.24) is 15.0 Å². The van der Waals surface area contributed by atoms with Crippen LogP contribution in [0.15, 0.2) is 55.0 Å². The lowest BCUT2D eigenvalue weighted by Gasteiger charge is -2.11. The van der Waals surface area contributed by atoms with Gasteiger partial charge >= 0.3 is 0 Å². The normalized spacial score (nSPS) is 11.4. The number of pyridine rings is 3. The highest BCUT2D eigenvalue weighted by molar-refractivity contribution is 6.35. The van der Waals surface area contributed by atoms with Gasteiger partial charge in [0.25, 0.3) is 6.43 Å². The average Bonchev–Trinajstić information content (AvgIpc) is 2.64. The van der Waals surface area contributed by atoms with E-state index < -0.39 is 6.43 Å². The molecule has 0 amide bonds. The van der Waals surface area contributed by atoms with E-state index in [4.69, 9.17) is 11.6 Å². The van der Waals surface area contributed by atoms with Crippen LogP contribution in [0, 0.1) is 0 Å². The van der Waals surface area contributed by atoms with Crippen LogP contribution in [0.3, 0.4) is 0 Å². The number of anilines is 2. The molecule has 124 valence electrons. The zero-order valence-electron chi connectivity index (χ0n) is 12.7. The van der Waals surface area contributed by atoms with Crippen molar-refractivity contribution in [2.75, 3.05) is 5.32 Å². The lowest BCUT2D eigenvalue weighted by atomic mass is 10.1. The van der Waals surface area contributed by atoms with E-state index in [2.05, 4.69) is 20.3 Å². The number of alkyl halides is 2. The fraction of sp³-hybridized carbons (Fsp3) is 0.0556. The molecule has 25 heavy (non-hydrogen) atoms. The Labute approximate surface area is 146 Å². The Bertz CT molecular complexity index is 1090. The van der Waals surface area contributed by atoms with Crippen molar-refractivity contribution in [2.45, 2.75) is 6.43 Å². The Morgan fingerprint density at radius 3 is 2.68 bits per heavy atom. The summed E-state index contributed by atoms with van der Waals surface area (Å²) < 4.78 is 25.8. The fourth-order valence-electron chi connectivity index (χ4n) is 2.67. The molecule has 0 aliphatic heterocycles. The van der Waals surface area contributed by atoms with Crippen molar-refractivity contribution in [1.29, 1.82) is 0 Å². The van der Waals surface area contributed by atoms with Gasteiger partial charge in [-0.2, -0.15) is 0 Å². The number of fused-ring (bicyclic) bond motifs is 2. The number of hydrogen-bond acceptors (Lipinski definition) is 4. The van der Waals surface area contributed by atoms with Crippen molar-refractivity contribution in [2.24, 2.45) is 0 Å². The van der Waals surface area contributed by atoms with Gasteiger partial charge in [0.05, 0.1) is 16.2 Å². The Kier molecular flexibility index (Phi) is 3.89. The van der Waals surface area contributed by atoms with Crippen molar-refractivity contribution < 1.29 is 8.78 Å². The van der Waals surface area contributed by atoms with E-state index >= 15 is 0 Å². The van der Waals surface area contributed by atoms with Crippen LogP contribution in [0.1, 0.15) is 12.0 Å². The second-order valence-corrected chi connectivity index (χ2v) is 5.82. The summed E-state index contributed by atoms with van der Waals surface area (Å²) in [5.41, 5.74) is 1.75. The first kappa shape index (κ1) is 15.7. The largest absolute Gasteiger partial charge is 0.338 e. The number of hydrogen-bond donors (Lipinski definition) is 1. The molecule has 0 bridgehead atoms. The van der Waals surface area contributed by atoms with E-state index in [0.717, 1.165) is 5.39 Å². The van der Waals surface area contributed by atoms with Gasteiger partial charge in [-0.25, -0.2) is 13.8 Å². The summed E-state index contributed by atoms with van der Waals surface area (Å²) in [4.78, 5) is 12.8. The lowest BCUT2D eigenvalue weighted by Crippen LogP contribution is -1.98. The minimum atomic E-state index is -2.53. The number of benzene rings is 1. The predicted molar refractivity (Wildman–Crippen MR) is 94.5 cm³/mol. The van der Waals surface area contributed by atoms with Gasteiger partial charge < -0.3 is 5.32 Å². The first-order valence-corrected chi connectivity index (χ1v) is 7.84. The highest BCUT2D eigenvalue weighted by atomic mass is 35.5. The molecule has 0 unspecified atom stereocenters. The monoisotopic (exact) mass is 356 g/mol. The van der Waals surface area contributed by atoms with Crippen LogP contribution in [0.25, 0.3) is 21.8 Å². The quantitative estimate of drug-likeness (QED) is 0.525. The molecule has 0 aliphatic carbocycles. The molecule has 7 heteroatoms. The van der Waals surface area contributed by atoms with E-state index in [9.17, 15) is 8.78 Å². The third-order valence-electron chi connectivity index (χ3n) is 3.87. The Morgan fingerprint density at radius 1 is 0.960 bits per heavy atom. The number of halogens is 3. The highest BCUT2D eigenvalue weighted by Crippen LogP contribution is 2.31. The van der Waals surface area contributed by atoms with E-state index in [1.807, 2.05) is 6.07 Å². The van der Waals surface area contributed by atoms with Crippen LogP contribution in [-0.4, -0.2) is 15.0 Å². The molecular formula is C18H11ClF2N4. The van der Waals surface area contributed by atoms with Crippen molar-refractivity contribution in [3.63, 3.8) is 0 Å². The summed E-state index contributed by atoms with van der Waals surface area (Å²) in [6.07, 6.45) is 2.23. The summed E-state index contributed by atoms with van der Waals surface area (Å²) in [6.45, 7) is 0. The molecule has 0 aliphatic rings. The summed E-state index contributed by atoms with van der Waals surface area (Å²) in [5.74, 6) is 0.533. The van der Waals surface area contributed by atoms with Gasteiger partial charge in [0.15, 0.2) is 5.82 Å². The van der Waals surface area contributed by atoms with Crippen LogP contribution in [-0.2, 0) is 0 Å². The van der Waals surface area contributed by atoms with Gasteiger partial charge in [0.2, 0.25) is 0 Å². The number of aromatic nitrogens is 3. The van der Waals surface area contributed by atoms with E-state index in [-0.39, 0.29) is 5.56 Å². The Hall–Kier alpha value is -2.86.